The molecule has 0 N–H and O–H groups in total. The average molecular weight is 400 g/mol. The number of hydrogen-bond acceptors (Lipinski definition) is 4. The van der Waals surface area contributed by atoms with Crippen LogP contribution in [0.5, 0.6) is 0 Å². The van der Waals surface area contributed by atoms with Gasteiger partial charge in [0.05, 0.1) is 11.1 Å². The Morgan fingerprint density at radius 2 is 1.79 bits per heavy atom. The molecular formula is C21H19F3N4O. The Morgan fingerprint density at radius 1 is 0.931 bits per heavy atom. The van der Waals surface area contributed by atoms with E-state index < -0.39 is 11.7 Å². The van der Waals surface area contributed by atoms with Crippen LogP contribution in [0.1, 0.15) is 22.3 Å². The SMILES string of the molecule is O=C(c1cccc2ncccc12)N1CCCN(c2ccc(C(F)(F)F)cn2)CC1. The third kappa shape index (κ3) is 4.01. The largest absolute Gasteiger partial charge is 0.417 e. The summed E-state index contributed by atoms with van der Waals surface area (Å²) in [6.07, 6.45) is -1.15. The van der Waals surface area contributed by atoms with E-state index in [1.54, 1.807) is 23.2 Å². The van der Waals surface area contributed by atoms with Crippen molar-refractivity contribution in [2.24, 2.45) is 0 Å². The first kappa shape index (κ1) is 19.2. The second kappa shape index (κ2) is 7.69. The van der Waals surface area contributed by atoms with E-state index in [2.05, 4.69) is 9.97 Å². The molecule has 0 aliphatic carbocycles. The molecule has 1 aliphatic rings. The molecule has 0 saturated carbocycles. The highest BCUT2D eigenvalue weighted by Crippen LogP contribution is 2.29. The number of nitrogens with zero attached hydrogens (tertiary/aromatic N) is 4. The van der Waals surface area contributed by atoms with Crippen molar-refractivity contribution in [1.82, 2.24) is 14.9 Å². The maximum Gasteiger partial charge on any atom is 0.417 e. The summed E-state index contributed by atoms with van der Waals surface area (Å²) in [6, 6.07) is 11.6. The summed E-state index contributed by atoms with van der Waals surface area (Å²) >= 11 is 0. The lowest BCUT2D eigenvalue weighted by atomic mass is 10.1. The molecule has 0 atom stereocenters. The fourth-order valence-electron chi connectivity index (χ4n) is 3.55. The molecule has 3 heterocycles. The van der Waals surface area contributed by atoms with E-state index in [9.17, 15) is 18.0 Å². The van der Waals surface area contributed by atoms with Gasteiger partial charge in [-0.3, -0.25) is 9.78 Å². The number of alkyl halides is 3. The fraction of sp³-hybridized carbons (Fsp3) is 0.286. The first-order valence-electron chi connectivity index (χ1n) is 9.35. The van der Waals surface area contributed by atoms with Crippen molar-refractivity contribution in [3.05, 3.63) is 66.0 Å². The Bertz CT molecular complexity index is 1020. The molecule has 0 unspecified atom stereocenters. The molecule has 1 fully saturated rings. The van der Waals surface area contributed by atoms with E-state index in [4.69, 9.17) is 0 Å². The van der Waals surface area contributed by atoms with E-state index in [-0.39, 0.29) is 5.91 Å². The smallest absolute Gasteiger partial charge is 0.355 e. The summed E-state index contributed by atoms with van der Waals surface area (Å²) in [4.78, 5) is 25.1. The van der Waals surface area contributed by atoms with E-state index in [1.165, 1.54) is 6.07 Å². The minimum absolute atomic E-state index is 0.0640. The molecular weight excluding hydrogens is 381 g/mol. The van der Waals surface area contributed by atoms with Crippen LogP contribution in [0.3, 0.4) is 0 Å². The molecule has 1 aliphatic heterocycles. The number of anilines is 1. The Balaban J connectivity index is 1.49. The highest BCUT2D eigenvalue weighted by Gasteiger charge is 2.31. The average Bonchev–Trinajstić information content (AvgIpc) is 2.99. The van der Waals surface area contributed by atoms with Crippen molar-refractivity contribution < 1.29 is 18.0 Å². The van der Waals surface area contributed by atoms with Crippen LogP contribution in [0.2, 0.25) is 0 Å². The highest BCUT2D eigenvalue weighted by atomic mass is 19.4. The summed E-state index contributed by atoms with van der Waals surface area (Å²) in [5, 5.41) is 0.811. The molecule has 1 aromatic carbocycles. The first-order valence-corrected chi connectivity index (χ1v) is 9.35. The van der Waals surface area contributed by atoms with Gasteiger partial charge in [0.15, 0.2) is 0 Å². The van der Waals surface area contributed by atoms with Crippen molar-refractivity contribution in [3.63, 3.8) is 0 Å². The molecule has 0 bridgehead atoms. The van der Waals surface area contributed by atoms with Crippen LogP contribution in [0.4, 0.5) is 19.0 Å². The second-order valence-electron chi connectivity index (χ2n) is 6.91. The van der Waals surface area contributed by atoms with Crippen molar-refractivity contribution in [2.75, 3.05) is 31.1 Å². The number of aromatic nitrogens is 2. The highest BCUT2D eigenvalue weighted by molar-refractivity contribution is 6.06. The van der Waals surface area contributed by atoms with Crippen LogP contribution < -0.4 is 4.90 Å². The van der Waals surface area contributed by atoms with Crippen LogP contribution in [-0.2, 0) is 6.18 Å². The quantitative estimate of drug-likeness (QED) is 0.653. The van der Waals surface area contributed by atoms with E-state index in [0.29, 0.717) is 44.0 Å². The van der Waals surface area contributed by atoms with E-state index in [1.807, 2.05) is 23.1 Å². The van der Waals surface area contributed by atoms with Gasteiger partial charge in [0.2, 0.25) is 0 Å². The van der Waals surface area contributed by atoms with Crippen molar-refractivity contribution in [2.45, 2.75) is 12.6 Å². The zero-order chi connectivity index (χ0) is 20.4. The lowest BCUT2D eigenvalue weighted by molar-refractivity contribution is -0.137. The van der Waals surface area contributed by atoms with Gasteiger partial charge in [-0.25, -0.2) is 4.98 Å². The van der Waals surface area contributed by atoms with Gasteiger partial charge in [-0.15, -0.1) is 0 Å². The monoisotopic (exact) mass is 400 g/mol. The number of benzene rings is 1. The number of pyridine rings is 2. The molecule has 1 amide bonds. The number of fused-ring (bicyclic) bond motifs is 1. The van der Waals surface area contributed by atoms with Crippen molar-refractivity contribution in [3.8, 4) is 0 Å². The van der Waals surface area contributed by atoms with Crippen LogP contribution in [0.15, 0.2) is 54.9 Å². The Kier molecular flexibility index (Phi) is 5.08. The molecule has 1 saturated heterocycles. The molecule has 3 aromatic rings. The Morgan fingerprint density at radius 3 is 2.55 bits per heavy atom. The Labute approximate surface area is 165 Å². The third-order valence-corrected chi connectivity index (χ3v) is 5.06. The number of carbonyl (C=O) groups excluding carboxylic acids is 1. The molecule has 2 aromatic heterocycles. The third-order valence-electron chi connectivity index (χ3n) is 5.06. The van der Waals surface area contributed by atoms with Gasteiger partial charge in [-0.1, -0.05) is 12.1 Å². The van der Waals surface area contributed by atoms with Crippen LogP contribution in [0, 0.1) is 0 Å². The van der Waals surface area contributed by atoms with Gasteiger partial charge < -0.3 is 9.80 Å². The molecule has 0 spiro atoms. The van der Waals surface area contributed by atoms with Gasteiger partial charge in [0, 0.05) is 49.5 Å². The van der Waals surface area contributed by atoms with Gasteiger partial charge in [0.25, 0.3) is 5.91 Å². The number of hydrogen-bond donors (Lipinski definition) is 0. The normalized spacial score (nSPS) is 15.4. The standard InChI is InChI=1S/C21H19F3N4O/c22-21(23,24)15-7-8-19(26-14-15)27-10-3-11-28(13-12-27)20(29)17-4-1-6-18-16(17)5-2-9-25-18/h1-2,4-9,14H,3,10-13H2. The molecule has 4 rings (SSSR count). The van der Waals surface area contributed by atoms with Crippen molar-refractivity contribution in [1.29, 1.82) is 0 Å². The maximum atomic E-state index is 13.1. The zero-order valence-electron chi connectivity index (χ0n) is 15.6. The number of halogens is 3. The Hall–Kier alpha value is -3.16. The minimum atomic E-state index is -4.40. The molecule has 0 radical (unpaired) electrons. The van der Waals surface area contributed by atoms with Gasteiger partial charge in [-0.2, -0.15) is 13.2 Å². The molecule has 29 heavy (non-hydrogen) atoms. The number of amides is 1. The summed E-state index contributed by atoms with van der Waals surface area (Å²) in [6.45, 7) is 2.18. The molecule has 150 valence electrons. The number of carbonyl (C=O) groups is 1. The number of rotatable bonds is 2. The van der Waals surface area contributed by atoms with Gasteiger partial charge in [-0.05, 0) is 36.8 Å². The lowest BCUT2D eigenvalue weighted by Gasteiger charge is -2.23. The summed E-state index contributed by atoms with van der Waals surface area (Å²) in [7, 11) is 0. The lowest BCUT2D eigenvalue weighted by Crippen LogP contribution is -2.35. The summed E-state index contributed by atoms with van der Waals surface area (Å²) in [5.74, 6) is 0.424. The summed E-state index contributed by atoms with van der Waals surface area (Å²) in [5.41, 5.74) is 0.609. The molecule has 8 heteroatoms. The van der Waals surface area contributed by atoms with Crippen LogP contribution in [0.25, 0.3) is 10.9 Å². The fourth-order valence-corrected chi connectivity index (χ4v) is 3.55. The van der Waals surface area contributed by atoms with Gasteiger partial charge >= 0.3 is 6.18 Å². The zero-order valence-corrected chi connectivity index (χ0v) is 15.6. The predicted octanol–water partition coefficient (Wildman–Crippen LogP) is 4.00. The van der Waals surface area contributed by atoms with E-state index >= 15 is 0 Å². The van der Waals surface area contributed by atoms with E-state index in [0.717, 1.165) is 23.2 Å². The van der Waals surface area contributed by atoms with Crippen molar-refractivity contribution >= 4 is 22.6 Å². The molecule has 5 nitrogen and oxygen atoms in total. The van der Waals surface area contributed by atoms with Gasteiger partial charge in [0.1, 0.15) is 5.82 Å². The predicted molar refractivity (Wildman–Crippen MR) is 104 cm³/mol. The maximum absolute atomic E-state index is 13.1. The topological polar surface area (TPSA) is 49.3 Å². The van der Waals surface area contributed by atoms with Crippen LogP contribution in [-0.4, -0.2) is 47.0 Å². The van der Waals surface area contributed by atoms with Crippen LogP contribution >= 0.6 is 0 Å². The second-order valence-corrected chi connectivity index (χ2v) is 6.91. The summed E-state index contributed by atoms with van der Waals surface area (Å²) < 4.78 is 38.2. The first-order chi connectivity index (χ1) is 13.9. The minimum Gasteiger partial charge on any atom is -0.355 e.